The average molecular weight is 289 g/mol. The molecule has 2 heterocycles. The predicted octanol–water partition coefficient (Wildman–Crippen LogP) is 1.85. The van der Waals surface area contributed by atoms with Crippen molar-refractivity contribution in [3.8, 4) is 0 Å². The van der Waals surface area contributed by atoms with Crippen LogP contribution in [0.2, 0.25) is 0 Å². The van der Waals surface area contributed by atoms with Crippen molar-refractivity contribution in [2.45, 2.75) is 39.2 Å². The van der Waals surface area contributed by atoms with E-state index in [1.54, 1.807) is 18.3 Å². The van der Waals surface area contributed by atoms with Gasteiger partial charge in [0, 0.05) is 25.5 Å². The van der Waals surface area contributed by atoms with Crippen molar-refractivity contribution in [2.75, 3.05) is 13.1 Å². The molecule has 21 heavy (non-hydrogen) atoms. The molecule has 1 aliphatic rings. The third-order valence-corrected chi connectivity index (χ3v) is 3.65. The van der Waals surface area contributed by atoms with Gasteiger partial charge in [0.25, 0.3) is 5.91 Å². The Bertz CT molecular complexity index is 482. The van der Waals surface area contributed by atoms with Crippen LogP contribution < -0.4 is 5.32 Å². The fourth-order valence-electron chi connectivity index (χ4n) is 2.59. The van der Waals surface area contributed by atoms with Gasteiger partial charge in [0.15, 0.2) is 0 Å². The highest BCUT2D eigenvalue weighted by atomic mass is 16.2. The Morgan fingerprint density at radius 3 is 2.62 bits per heavy atom. The molecule has 5 nitrogen and oxygen atoms in total. The first kappa shape index (κ1) is 15.5. The van der Waals surface area contributed by atoms with Gasteiger partial charge in [0.1, 0.15) is 6.04 Å². The Labute approximate surface area is 125 Å². The topological polar surface area (TPSA) is 62.3 Å². The molecule has 0 bridgehead atoms. The molecule has 5 heteroatoms. The van der Waals surface area contributed by atoms with Crippen LogP contribution in [0.5, 0.6) is 0 Å². The van der Waals surface area contributed by atoms with Crippen molar-refractivity contribution in [1.82, 2.24) is 15.2 Å². The summed E-state index contributed by atoms with van der Waals surface area (Å²) >= 11 is 0. The van der Waals surface area contributed by atoms with E-state index in [4.69, 9.17) is 0 Å². The third kappa shape index (κ3) is 4.28. The second-order valence-electron chi connectivity index (χ2n) is 5.93. The lowest BCUT2D eigenvalue weighted by Gasteiger charge is -2.25. The van der Waals surface area contributed by atoms with Gasteiger partial charge in [-0.3, -0.25) is 14.6 Å². The minimum atomic E-state index is -0.448. The van der Waals surface area contributed by atoms with Crippen LogP contribution in [-0.2, 0) is 4.79 Å². The van der Waals surface area contributed by atoms with E-state index in [-0.39, 0.29) is 11.8 Å². The summed E-state index contributed by atoms with van der Waals surface area (Å²) < 4.78 is 0. The number of amides is 2. The Kier molecular flexibility index (Phi) is 5.31. The number of nitrogens with zero attached hydrogens (tertiary/aromatic N) is 2. The zero-order valence-corrected chi connectivity index (χ0v) is 12.7. The lowest BCUT2D eigenvalue weighted by atomic mass is 10.0. The number of likely N-dealkylation sites (tertiary alicyclic amines) is 1. The number of nitrogens with one attached hydrogen (secondary N) is 1. The van der Waals surface area contributed by atoms with Crippen LogP contribution >= 0.6 is 0 Å². The lowest BCUT2D eigenvalue weighted by molar-refractivity contribution is -0.132. The van der Waals surface area contributed by atoms with Crippen molar-refractivity contribution >= 4 is 11.8 Å². The van der Waals surface area contributed by atoms with Gasteiger partial charge in [-0.05, 0) is 37.3 Å². The highest BCUT2D eigenvalue weighted by Crippen LogP contribution is 2.14. The fourth-order valence-corrected chi connectivity index (χ4v) is 2.59. The maximum absolute atomic E-state index is 12.5. The molecule has 1 saturated heterocycles. The van der Waals surface area contributed by atoms with E-state index >= 15 is 0 Å². The Balaban J connectivity index is 2.05. The fraction of sp³-hybridized carbons (Fsp3) is 0.562. The normalized spacial score (nSPS) is 16.0. The van der Waals surface area contributed by atoms with Crippen LogP contribution in [0.4, 0.5) is 0 Å². The molecule has 1 aliphatic heterocycles. The highest BCUT2D eigenvalue weighted by molar-refractivity contribution is 5.97. The predicted molar refractivity (Wildman–Crippen MR) is 80.8 cm³/mol. The molecule has 1 fully saturated rings. The maximum Gasteiger partial charge on any atom is 0.253 e. The summed E-state index contributed by atoms with van der Waals surface area (Å²) in [6, 6.07) is 2.97. The minimum absolute atomic E-state index is 0.0402. The van der Waals surface area contributed by atoms with Gasteiger partial charge in [0.05, 0.1) is 5.56 Å². The summed E-state index contributed by atoms with van der Waals surface area (Å²) in [6.45, 7) is 5.72. The standard InChI is InChI=1S/C16H23N3O2/c1-12(2)10-14(16(21)19-8-3-4-9-19)18-15(20)13-6-5-7-17-11-13/h5-7,11-12,14H,3-4,8-10H2,1-2H3,(H,18,20)/t14-/m0/s1. The van der Waals surface area contributed by atoms with Crippen molar-refractivity contribution in [3.05, 3.63) is 30.1 Å². The summed E-state index contributed by atoms with van der Waals surface area (Å²) in [4.78, 5) is 30.6. The number of pyridine rings is 1. The van der Waals surface area contributed by atoms with Gasteiger partial charge in [-0.1, -0.05) is 13.8 Å². The first-order valence-corrected chi connectivity index (χ1v) is 7.57. The molecule has 0 aromatic carbocycles. The lowest BCUT2D eigenvalue weighted by Crippen LogP contribution is -2.48. The number of aromatic nitrogens is 1. The molecule has 2 amide bonds. The monoisotopic (exact) mass is 289 g/mol. The third-order valence-electron chi connectivity index (χ3n) is 3.65. The van der Waals surface area contributed by atoms with Gasteiger partial charge in [-0.25, -0.2) is 0 Å². The van der Waals surface area contributed by atoms with E-state index in [2.05, 4.69) is 24.1 Å². The molecule has 0 spiro atoms. The van der Waals surface area contributed by atoms with Crippen LogP contribution in [0.3, 0.4) is 0 Å². The van der Waals surface area contributed by atoms with Crippen molar-refractivity contribution < 1.29 is 9.59 Å². The number of hydrogen-bond donors (Lipinski definition) is 1. The van der Waals surface area contributed by atoms with Crippen LogP contribution in [0, 0.1) is 5.92 Å². The van der Waals surface area contributed by atoms with Crippen molar-refractivity contribution in [3.63, 3.8) is 0 Å². The molecule has 0 saturated carbocycles. The first-order valence-electron chi connectivity index (χ1n) is 7.57. The Morgan fingerprint density at radius 2 is 2.05 bits per heavy atom. The molecule has 1 aromatic heterocycles. The number of hydrogen-bond acceptors (Lipinski definition) is 3. The summed E-state index contributed by atoms with van der Waals surface area (Å²) in [5, 5.41) is 2.87. The molecule has 0 aliphatic carbocycles. The van der Waals surface area contributed by atoms with Gasteiger partial charge in [-0.15, -0.1) is 0 Å². The summed E-state index contributed by atoms with van der Waals surface area (Å²) in [5.41, 5.74) is 0.487. The zero-order valence-electron chi connectivity index (χ0n) is 12.7. The van der Waals surface area contributed by atoms with Gasteiger partial charge in [-0.2, -0.15) is 0 Å². The van der Waals surface area contributed by atoms with Gasteiger partial charge >= 0.3 is 0 Å². The summed E-state index contributed by atoms with van der Waals surface area (Å²) in [5.74, 6) is 0.149. The largest absolute Gasteiger partial charge is 0.341 e. The minimum Gasteiger partial charge on any atom is -0.341 e. The van der Waals surface area contributed by atoms with Crippen molar-refractivity contribution in [2.24, 2.45) is 5.92 Å². The Hall–Kier alpha value is -1.91. The van der Waals surface area contributed by atoms with E-state index in [0.717, 1.165) is 25.9 Å². The average Bonchev–Trinajstić information content (AvgIpc) is 3.00. The van der Waals surface area contributed by atoms with E-state index in [1.807, 2.05) is 4.90 Å². The van der Waals surface area contributed by atoms with E-state index in [1.165, 1.54) is 6.20 Å². The van der Waals surface area contributed by atoms with Crippen LogP contribution in [0.1, 0.15) is 43.5 Å². The summed E-state index contributed by atoms with van der Waals surface area (Å²) in [7, 11) is 0. The quantitative estimate of drug-likeness (QED) is 0.900. The smallest absolute Gasteiger partial charge is 0.253 e. The molecular formula is C16H23N3O2. The molecule has 0 radical (unpaired) electrons. The molecule has 1 N–H and O–H groups in total. The maximum atomic E-state index is 12.5. The molecule has 1 aromatic rings. The van der Waals surface area contributed by atoms with Gasteiger partial charge < -0.3 is 10.2 Å². The molecule has 0 unspecified atom stereocenters. The summed E-state index contributed by atoms with van der Waals surface area (Å²) in [6.07, 6.45) is 5.90. The first-order chi connectivity index (χ1) is 10.1. The molecule has 1 atom stereocenters. The second-order valence-corrected chi connectivity index (χ2v) is 5.93. The SMILES string of the molecule is CC(C)C[C@H](NC(=O)c1cccnc1)C(=O)N1CCCC1. The number of rotatable bonds is 5. The van der Waals surface area contributed by atoms with E-state index < -0.39 is 6.04 Å². The van der Waals surface area contributed by atoms with Gasteiger partial charge in [0.2, 0.25) is 5.91 Å². The van der Waals surface area contributed by atoms with Crippen LogP contribution in [0.15, 0.2) is 24.5 Å². The van der Waals surface area contributed by atoms with E-state index in [0.29, 0.717) is 17.9 Å². The van der Waals surface area contributed by atoms with Crippen LogP contribution in [0.25, 0.3) is 0 Å². The zero-order chi connectivity index (χ0) is 15.2. The second kappa shape index (κ2) is 7.20. The molecule has 2 rings (SSSR count). The number of carbonyl (C=O) groups excluding carboxylic acids is 2. The molecule has 114 valence electrons. The highest BCUT2D eigenvalue weighted by Gasteiger charge is 2.28. The van der Waals surface area contributed by atoms with Crippen molar-refractivity contribution in [1.29, 1.82) is 0 Å². The number of carbonyl (C=O) groups is 2. The molecular weight excluding hydrogens is 266 g/mol. The Morgan fingerprint density at radius 1 is 1.33 bits per heavy atom. The van der Waals surface area contributed by atoms with Crippen LogP contribution in [-0.4, -0.2) is 40.8 Å². The van der Waals surface area contributed by atoms with E-state index in [9.17, 15) is 9.59 Å².